The number of benzene rings is 2. The highest BCUT2D eigenvalue weighted by molar-refractivity contribution is 7.80. The fourth-order valence-corrected chi connectivity index (χ4v) is 2.96. The molecule has 3 aromatic rings. The summed E-state index contributed by atoms with van der Waals surface area (Å²) in [7, 11) is 0. The lowest BCUT2D eigenvalue weighted by Crippen LogP contribution is -2.06. The second-order valence-corrected chi connectivity index (χ2v) is 6.20. The molecule has 0 saturated heterocycles. The zero-order valence-electron chi connectivity index (χ0n) is 14.4. The Labute approximate surface area is 152 Å². The average Bonchev–Trinajstić information content (AvgIpc) is 2.88. The van der Waals surface area contributed by atoms with Gasteiger partial charge in [0.05, 0.1) is 5.52 Å². The molecule has 0 fully saturated rings. The van der Waals surface area contributed by atoms with Crippen LogP contribution in [0.25, 0.3) is 10.9 Å². The summed E-state index contributed by atoms with van der Waals surface area (Å²) in [5.41, 5.74) is 4.55. The second-order valence-electron chi connectivity index (χ2n) is 5.81. The molecule has 25 heavy (non-hydrogen) atoms. The van der Waals surface area contributed by atoms with Crippen LogP contribution in [-0.4, -0.2) is 14.8 Å². The predicted molar refractivity (Wildman–Crippen MR) is 106 cm³/mol. The summed E-state index contributed by atoms with van der Waals surface area (Å²) in [6.45, 7) is 6.69. The third-order valence-electron chi connectivity index (χ3n) is 4.32. The normalized spacial score (nSPS) is 11.3. The van der Waals surface area contributed by atoms with Crippen molar-refractivity contribution in [1.29, 1.82) is 0 Å². The number of azo groups is 1. The van der Waals surface area contributed by atoms with Crippen LogP contribution in [0, 0.1) is 13.8 Å². The fourth-order valence-electron chi connectivity index (χ4n) is 2.81. The molecule has 5 nitrogen and oxygen atoms in total. The number of hydrogen-bond donors (Lipinski definition) is 2. The van der Waals surface area contributed by atoms with E-state index in [1.165, 1.54) is 5.56 Å². The number of nitrogens with one attached hydrogen (secondary N) is 1. The van der Waals surface area contributed by atoms with E-state index in [0.717, 1.165) is 22.2 Å². The van der Waals surface area contributed by atoms with Gasteiger partial charge >= 0.3 is 0 Å². The molecule has 0 radical (unpaired) electrons. The molecule has 0 amide bonds. The molecule has 2 aromatic carbocycles. The van der Waals surface area contributed by atoms with Gasteiger partial charge in [0.2, 0.25) is 11.0 Å². The molecule has 0 spiro atoms. The molecule has 0 aliphatic heterocycles. The van der Waals surface area contributed by atoms with E-state index in [9.17, 15) is 5.11 Å². The minimum atomic E-state index is 0.0991. The number of aromatic hydroxyl groups is 1. The molecule has 1 heterocycles. The van der Waals surface area contributed by atoms with Crippen molar-refractivity contribution in [3.05, 3.63) is 53.6 Å². The zero-order valence-corrected chi connectivity index (χ0v) is 15.3. The van der Waals surface area contributed by atoms with Gasteiger partial charge in [0, 0.05) is 17.6 Å². The Balaban J connectivity index is 1.89. The van der Waals surface area contributed by atoms with Crippen LogP contribution >= 0.6 is 12.2 Å². The summed E-state index contributed by atoms with van der Waals surface area (Å²) in [6, 6.07) is 13.7. The Morgan fingerprint density at radius 2 is 1.92 bits per heavy atom. The summed E-state index contributed by atoms with van der Waals surface area (Å²) >= 11 is 5.28. The van der Waals surface area contributed by atoms with Gasteiger partial charge in [-0.3, -0.25) is 0 Å². The lowest BCUT2D eigenvalue weighted by Gasteiger charge is -2.09. The molecular weight excluding hydrogens is 332 g/mol. The number of thiocarbonyl (C=S) groups is 1. The van der Waals surface area contributed by atoms with Crippen LogP contribution < -0.4 is 5.32 Å². The van der Waals surface area contributed by atoms with E-state index >= 15 is 0 Å². The van der Waals surface area contributed by atoms with Crippen molar-refractivity contribution >= 4 is 39.6 Å². The summed E-state index contributed by atoms with van der Waals surface area (Å²) in [4.78, 5) is 0. The van der Waals surface area contributed by atoms with Crippen molar-refractivity contribution in [2.24, 2.45) is 10.2 Å². The van der Waals surface area contributed by atoms with E-state index in [1.807, 2.05) is 63.2 Å². The minimum Gasteiger partial charge on any atom is -0.493 e. The highest BCUT2D eigenvalue weighted by Crippen LogP contribution is 2.38. The van der Waals surface area contributed by atoms with E-state index in [1.54, 1.807) is 4.57 Å². The molecular formula is C19H20N4OS. The maximum Gasteiger partial charge on any atom is 0.220 e. The van der Waals surface area contributed by atoms with Crippen LogP contribution in [0.2, 0.25) is 0 Å². The van der Waals surface area contributed by atoms with Gasteiger partial charge in [-0.2, -0.15) is 0 Å². The van der Waals surface area contributed by atoms with E-state index in [2.05, 4.69) is 15.5 Å². The number of fused-ring (bicyclic) bond motifs is 1. The average molecular weight is 352 g/mol. The smallest absolute Gasteiger partial charge is 0.220 e. The van der Waals surface area contributed by atoms with Crippen molar-refractivity contribution in [2.45, 2.75) is 27.3 Å². The lowest BCUT2D eigenvalue weighted by molar-refractivity contribution is 0.427. The Hall–Kier alpha value is -2.73. The van der Waals surface area contributed by atoms with Crippen LogP contribution in [0.3, 0.4) is 0 Å². The van der Waals surface area contributed by atoms with Crippen LogP contribution in [0.15, 0.2) is 52.7 Å². The molecule has 0 unspecified atom stereocenters. The van der Waals surface area contributed by atoms with E-state index in [-0.39, 0.29) is 11.0 Å². The number of nitrogens with zero attached hydrogens (tertiary/aromatic N) is 3. The van der Waals surface area contributed by atoms with Crippen molar-refractivity contribution in [1.82, 2.24) is 4.57 Å². The molecule has 0 saturated carbocycles. The third kappa shape index (κ3) is 3.25. The number of anilines is 1. The standard InChI is InChI=1S/C19H20N4OS/c1-4-23-16-11-6-5-9-14(16)17(18(23)24)21-22-19(25)20-15-10-7-8-12(2)13(15)3/h5-11,24H,4H2,1-3H3,(H,20,25). The maximum atomic E-state index is 10.4. The minimum absolute atomic E-state index is 0.0991. The number of para-hydroxylation sites is 1. The number of hydrogen-bond acceptors (Lipinski definition) is 3. The third-order valence-corrected chi connectivity index (χ3v) is 4.50. The molecule has 1 aromatic heterocycles. The molecule has 0 bridgehead atoms. The first-order chi connectivity index (χ1) is 12.0. The molecule has 0 atom stereocenters. The Morgan fingerprint density at radius 3 is 2.68 bits per heavy atom. The Morgan fingerprint density at radius 1 is 1.16 bits per heavy atom. The SMILES string of the molecule is CCn1c(O)c(N=NC(=S)Nc2cccc(C)c2C)c2ccccc21. The van der Waals surface area contributed by atoms with E-state index in [0.29, 0.717) is 12.2 Å². The topological polar surface area (TPSA) is 61.9 Å². The number of rotatable bonds is 3. The summed E-state index contributed by atoms with van der Waals surface area (Å²) in [5.74, 6) is 0.0991. The Bertz CT molecular complexity index is 975. The van der Waals surface area contributed by atoms with Crippen LogP contribution in [0.4, 0.5) is 11.4 Å². The monoisotopic (exact) mass is 352 g/mol. The molecule has 2 N–H and O–H groups in total. The highest BCUT2D eigenvalue weighted by Gasteiger charge is 2.15. The summed E-state index contributed by atoms with van der Waals surface area (Å²) in [6.07, 6.45) is 0. The first kappa shape index (κ1) is 17.1. The molecule has 3 rings (SSSR count). The van der Waals surface area contributed by atoms with E-state index < -0.39 is 0 Å². The Kier molecular flexibility index (Phi) is 4.81. The summed E-state index contributed by atoms with van der Waals surface area (Å²) in [5, 5.41) is 22.9. The van der Waals surface area contributed by atoms with Gasteiger partial charge in [0.15, 0.2) is 5.69 Å². The second kappa shape index (κ2) is 7.03. The largest absolute Gasteiger partial charge is 0.493 e. The number of aromatic nitrogens is 1. The fraction of sp³-hybridized carbons (Fsp3) is 0.211. The van der Waals surface area contributed by atoms with Crippen LogP contribution in [0.5, 0.6) is 5.88 Å². The molecule has 0 aliphatic carbocycles. The molecule has 128 valence electrons. The van der Waals surface area contributed by atoms with Gasteiger partial charge in [-0.25, -0.2) is 0 Å². The predicted octanol–water partition coefficient (Wildman–Crippen LogP) is 5.46. The molecule has 0 aliphatic rings. The zero-order chi connectivity index (χ0) is 18.0. The van der Waals surface area contributed by atoms with Crippen molar-refractivity contribution in [3.8, 4) is 5.88 Å². The maximum absolute atomic E-state index is 10.4. The van der Waals surface area contributed by atoms with Gasteiger partial charge in [-0.15, -0.1) is 10.2 Å². The lowest BCUT2D eigenvalue weighted by atomic mass is 10.1. The van der Waals surface area contributed by atoms with Crippen LogP contribution in [-0.2, 0) is 6.54 Å². The van der Waals surface area contributed by atoms with Gasteiger partial charge in [0.1, 0.15) is 0 Å². The highest BCUT2D eigenvalue weighted by atomic mass is 32.1. The quantitative estimate of drug-likeness (QED) is 0.486. The number of aryl methyl sites for hydroxylation is 2. The van der Waals surface area contributed by atoms with E-state index in [4.69, 9.17) is 12.2 Å². The van der Waals surface area contributed by atoms with Gasteiger partial charge in [-0.05, 0) is 56.2 Å². The van der Waals surface area contributed by atoms with Gasteiger partial charge in [-0.1, -0.05) is 30.3 Å². The first-order valence-electron chi connectivity index (χ1n) is 8.12. The first-order valence-corrected chi connectivity index (χ1v) is 8.53. The van der Waals surface area contributed by atoms with Crippen molar-refractivity contribution < 1.29 is 5.11 Å². The molecule has 6 heteroatoms. The van der Waals surface area contributed by atoms with Gasteiger partial charge < -0.3 is 15.0 Å². The van der Waals surface area contributed by atoms with Crippen molar-refractivity contribution in [2.75, 3.05) is 5.32 Å². The van der Waals surface area contributed by atoms with Gasteiger partial charge in [0.25, 0.3) is 0 Å². The van der Waals surface area contributed by atoms with Crippen molar-refractivity contribution in [3.63, 3.8) is 0 Å². The summed E-state index contributed by atoms with van der Waals surface area (Å²) < 4.78 is 1.80. The van der Waals surface area contributed by atoms with Crippen LogP contribution in [0.1, 0.15) is 18.1 Å².